The van der Waals surface area contributed by atoms with Gasteiger partial charge in [-0.15, -0.1) is 0 Å². The van der Waals surface area contributed by atoms with Crippen LogP contribution in [0.2, 0.25) is 0 Å². The van der Waals surface area contributed by atoms with Crippen LogP contribution in [0.3, 0.4) is 0 Å². The molecule has 102 valence electrons. The second-order valence-electron chi connectivity index (χ2n) is 4.63. The van der Waals surface area contributed by atoms with Gasteiger partial charge in [0.25, 0.3) is 0 Å². The zero-order valence-corrected chi connectivity index (χ0v) is 11.7. The van der Waals surface area contributed by atoms with Crippen molar-refractivity contribution in [2.75, 3.05) is 6.61 Å². The summed E-state index contributed by atoms with van der Waals surface area (Å²) in [7, 11) is 0. The van der Waals surface area contributed by atoms with Gasteiger partial charge in [0.15, 0.2) is 0 Å². The largest absolute Gasteiger partial charge is 0.478 e. The van der Waals surface area contributed by atoms with Gasteiger partial charge in [-0.2, -0.15) is 11.8 Å². The fraction of sp³-hybridized carbons (Fsp3) is 0.400. The highest BCUT2D eigenvalue weighted by Gasteiger charge is 2.24. The highest BCUT2D eigenvalue weighted by Crippen LogP contribution is 2.28. The molecule has 19 heavy (non-hydrogen) atoms. The molecule has 1 aliphatic rings. The molecular weight excluding hydrogens is 260 g/mol. The molecular formula is C15H18O3S. The van der Waals surface area contributed by atoms with Gasteiger partial charge >= 0.3 is 5.97 Å². The zero-order valence-electron chi connectivity index (χ0n) is 10.9. The second kappa shape index (κ2) is 6.78. The number of benzene rings is 1. The summed E-state index contributed by atoms with van der Waals surface area (Å²) < 4.78 is 5.54. The standard InChI is InChI=1S/C15H18O3S/c1-11-14(8-9-18-11)19-10-13-4-2-12(3-5-13)6-7-15(16)17/h2-7,11,14H,8-10H2,1H3,(H,16,17)/b7-6+. The summed E-state index contributed by atoms with van der Waals surface area (Å²) in [4.78, 5) is 10.4. The zero-order chi connectivity index (χ0) is 13.7. The molecule has 0 radical (unpaired) electrons. The third kappa shape index (κ3) is 4.40. The van der Waals surface area contributed by atoms with Gasteiger partial charge in [0.05, 0.1) is 6.10 Å². The summed E-state index contributed by atoms with van der Waals surface area (Å²) >= 11 is 1.93. The Labute approximate surface area is 117 Å². The molecule has 0 bridgehead atoms. The molecule has 1 heterocycles. The first-order chi connectivity index (χ1) is 9.15. The predicted molar refractivity (Wildman–Crippen MR) is 78.2 cm³/mol. The Hall–Kier alpha value is -1.26. The van der Waals surface area contributed by atoms with E-state index in [1.54, 1.807) is 6.08 Å². The lowest BCUT2D eigenvalue weighted by Gasteiger charge is -2.13. The van der Waals surface area contributed by atoms with Crippen LogP contribution in [-0.4, -0.2) is 29.0 Å². The Morgan fingerprint density at radius 2 is 2.21 bits per heavy atom. The van der Waals surface area contributed by atoms with Crippen molar-refractivity contribution < 1.29 is 14.6 Å². The van der Waals surface area contributed by atoms with E-state index < -0.39 is 5.97 Å². The van der Waals surface area contributed by atoms with Gasteiger partial charge in [-0.3, -0.25) is 0 Å². The lowest BCUT2D eigenvalue weighted by molar-refractivity contribution is -0.131. The number of hydrogen-bond acceptors (Lipinski definition) is 3. The molecule has 0 aromatic heterocycles. The minimum atomic E-state index is -0.921. The number of ether oxygens (including phenoxy) is 1. The van der Waals surface area contributed by atoms with E-state index in [-0.39, 0.29) is 0 Å². The molecule has 1 aromatic carbocycles. The monoisotopic (exact) mass is 278 g/mol. The van der Waals surface area contributed by atoms with E-state index in [2.05, 4.69) is 19.1 Å². The Morgan fingerprint density at radius 1 is 1.47 bits per heavy atom. The van der Waals surface area contributed by atoms with Crippen LogP contribution >= 0.6 is 11.8 Å². The molecule has 0 aliphatic carbocycles. The Balaban J connectivity index is 1.86. The molecule has 0 spiro atoms. The molecule has 1 N–H and O–H groups in total. The summed E-state index contributed by atoms with van der Waals surface area (Å²) in [5.41, 5.74) is 2.17. The number of thioether (sulfide) groups is 1. The van der Waals surface area contributed by atoms with Crippen molar-refractivity contribution >= 4 is 23.8 Å². The molecule has 3 nitrogen and oxygen atoms in total. The number of carbonyl (C=O) groups is 1. The van der Waals surface area contributed by atoms with Gasteiger partial charge < -0.3 is 9.84 Å². The highest BCUT2D eigenvalue weighted by molar-refractivity contribution is 7.99. The maximum atomic E-state index is 10.4. The van der Waals surface area contributed by atoms with Gasteiger partial charge in [-0.05, 0) is 30.5 Å². The topological polar surface area (TPSA) is 46.5 Å². The highest BCUT2D eigenvalue weighted by atomic mass is 32.2. The summed E-state index contributed by atoms with van der Waals surface area (Å²) in [5, 5.41) is 9.15. The smallest absolute Gasteiger partial charge is 0.328 e. The average molecular weight is 278 g/mol. The van der Waals surface area contributed by atoms with Crippen molar-refractivity contribution in [1.29, 1.82) is 0 Å². The fourth-order valence-corrected chi connectivity index (χ4v) is 3.24. The van der Waals surface area contributed by atoms with Crippen molar-refractivity contribution in [2.24, 2.45) is 0 Å². The molecule has 2 rings (SSSR count). The van der Waals surface area contributed by atoms with Crippen molar-refractivity contribution in [2.45, 2.75) is 30.5 Å². The van der Waals surface area contributed by atoms with E-state index in [1.807, 2.05) is 23.9 Å². The van der Waals surface area contributed by atoms with Crippen molar-refractivity contribution in [3.8, 4) is 0 Å². The van der Waals surface area contributed by atoms with Crippen LogP contribution in [-0.2, 0) is 15.3 Å². The van der Waals surface area contributed by atoms with E-state index >= 15 is 0 Å². The van der Waals surface area contributed by atoms with Crippen molar-refractivity contribution in [3.05, 3.63) is 41.5 Å². The van der Waals surface area contributed by atoms with Crippen molar-refractivity contribution in [3.63, 3.8) is 0 Å². The summed E-state index contributed by atoms with van der Waals surface area (Å²) in [6.45, 7) is 3.00. The van der Waals surface area contributed by atoms with Crippen LogP contribution < -0.4 is 0 Å². The molecule has 1 aromatic rings. The first kappa shape index (κ1) is 14.2. The Bertz CT molecular complexity index is 453. The minimum absolute atomic E-state index is 0.350. The molecule has 0 saturated carbocycles. The quantitative estimate of drug-likeness (QED) is 0.840. The van der Waals surface area contributed by atoms with Crippen LogP contribution in [0.1, 0.15) is 24.5 Å². The molecule has 1 saturated heterocycles. The van der Waals surface area contributed by atoms with E-state index in [9.17, 15) is 4.79 Å². The van der Waals surface area contributed by atoms with Crippen LogP contribution in [0.25, 0.3) is 6.08 Å². The fourth-order valence-electron chi connectivity index (χ4n) is 2.03. The van der Waals surface area contributed by atoms with Crippen LogP contribution in [0, 0.1) is 0 Å². The molecule has 4 heteroatoms. The molecule has 2 atom stereocenters. The number of carboxylic acids is 1. The molecule has 2 unspecified atom stereocenters. The molecule has 0 amide bonds. The second-order valence-corrected chi connectivity index (χ2v) is 5.85. The van der Waals surface area contributed by atoms with Gasteiger partial charge in [0.1, 0.15) is 0 Å². The lowest BCUT2D eigenvalue weighted by Crippen LogP contribution is -2.13. The average Bonchev–Trinajstić information content (AvgIpc) is 2.81. The molecule has 1 fully saturated rings. The van der Waals surface area contributed by atoms with Gasteiger partial charge in [0, 0.05) is 23.7 Å². The van der Waals surface area contributed by atoms with E-state index in [4.69, 9.17) is 9.84 Å². The maximum Gasteiger partial charge on any atom is 0.328 e. The number of carboxylic acid groups (broad SMARTS) is 1. The summed E-state index contributed by atoms with van der Waals surface area (Å²) in [5.74, 6) is 0.0521. The molecule has 1 aliphatic heterocycles. The summed E-state index contributed by atoms with van der Waals surface area (Å²) in [6, 6.07) is 8.00. The van der Waals surface area contributed by atoms with Crippen LogP contribution in [0.5, 0.6) is 0 Å². The predicted octanol–water partition coefficient (Wildman–Crippen LogP) is 3.20. The normalized spacial score (nSPS) is 23.0. The van der Waals surface area contributed by atoms with Gasteiger partial charge in [-0.1, -0.05) is 24.3 Å². The third-order valence-corrected chi connectivity index (χ3v) is 4.72. The number of aliphatic carboxylic acids is 1. The van der Waals surface area contributed by atoms with Crippen LogP contribution in [0.4, 0.5) is 0 Å². The maximum absolute atomic E-state index is 10.4. The third-order valence-electron chi connectivity index (χ3n) is 3.17. The number of rotatable bonds is 5. The Morgan fingerprint density at radius 3 is 2.79 bits per heavy atom. The Kier molecular flexibility index (Phi) is 5.05. The van der Waals surface area contributed by atoms with Gasteiger partial charge in [0.2, 0.25) is 0 Å². The van der Waals surface area contributed by atoms with E-state index in [0.717, 1.165) is 30.4 Å². The first-order valence-corrected chi connectivity index (χ1v) is 7.43. The lowest BCUT2D eigenvalue weighted by atomic mass is 10.1. The van der Waals surface area contributed by atoms with Crippen LogP contribution in [0.15, 0.2) is 30.3 Å². The summed E-state index contributed by atoms with van der Waals surface area (Å²) in [6.07, 6.45) is 4.24. The SMILES string of the molecule is CC1OCCC1SCc1ccc(/C=C/C(=O)O)cc1. The van der Waals surface area contributed by atoms with E-state index in [1.165, 1.54) is 5.56 Å². The van der Waals surface area contributed by atoms with Gasteiger partial charge in [-0.25, -0.2) is 4.79 Å². The van der Waals surface area contributed by atoms with E-state index in [0.29, 0.717) is 11.4 Å². The number of hydrogen-bond donors (Lipinski definition) is 1. The first-order valence-electron chi connectivity index (χ1n) is 6.38. The van der Waals surface area contributed by atoms with Crippen molar-refractivity contribution in [1.82, 2.24) is 0 Å². The minimum Gasteiger partial charge on any atom is -0.478 e.